The summed E-state index contributed by atoms with van der Waals surface area (Å²) in [5.41, 5.74) is 16.8. The number of unbranched alkanes of at least 4 members (excludes halogenated alkanes) is 2. The molecule has 0 aliphatic heterocycles. The smallest absolute Gasteiger partial charge is 0.326 e. The Morgan fingerprint density at radius 3 is 1.70 bits per heavy atom. The van der Waals surface area contributed by atoms with E-state index in [1.54, 1.807) is 6.92 Å². The van der Waals surface area contributed by atoms with E-state index in [4.69, 9.17) is 17.2 Å². The van der Waals surface area contributed by atoms with Crippen LogP contribution in [0.25, 0.3) is 0 Å². The summed E-state index contributed by atoms with van der Waals surface area (Å²) in [7, 11) is 0. The first-order valence-electron chi connectivity index (χ1n) is 11.5. The molecule has 0 fully saturated rings. The number of hydrogen-bond donors (Lipinski definition) is 8. The lowest BCUT2D eigenvalue weighted by molar-refractivity contribution is -0.142. The topological polar surface area (TPSA) is 223 Å². The molecule has 0 aromatic rings. The van der Waals surface area contributed by atoms with Crippen molar-refractivity contribution in [1.82, 2.24) is 16.0 Å². The number of amides is 3. The maximum absolute atomic E-state index is 12.8. The number of carbonyl (C=O) groups excluding carboxylic acids is 3. The maximum Gasteiger partial charge on any atom is 0.326 e. The molecule has 3 amide bonds. The van der Waals surface area contributed by atoms with Gasteiger partial charge in [-0.15, -0.1) is 0 Å². The predicted octanol–water partition coefficient (Wildman–Crippen LogP) is -1.85. The standard InChI is InChI=1S/C21H42N6O6/c1-3-13(2)17(24)20(31)27-16(12-28)19(30)25-14(8-4-6-10-22)18(29)26-15(21(32)33)9-5-7-11-23/h13-17,28H,3-12,22-24H2,1-2H3,(H,25,30)(H,26,29)(H,27,31)(H,32,33). The fraction of sp³-hybridized carbons (Fsp3) is 0.810. The third-order valence-electron chi connectivity index (χ3n) is 5.52. The van der Waals surface area contributed by atoms with Gasteiger partial charge in [-0.05, 0) is 57.5 Å². The van der Waals surface area contributed by atoms with E-state index in [-0.39, 0.29) is 18.8 Å². The van der Waals surface area contributed by atoms with Crippen LogP contribution in [-0.2, 0) is 19.2 Å². The molecule has 33 heavy (non-hydrogen) atoms. The van der Waals surface area contributed by atoms with Gasteiger partial charge in [-0.1, -0.05) is 20.3 Å². The third-order valence-corrected chi connectivity index (χ3v) is 5.52. The van der Waals surface area contributed by atoms with Crippen molar-refractivity contribution in [2.24, 2.45) is 23.1 Å². The summed E-state index contributed by atoms with van der Waals surface area (Å²) in [6, 6.07) is -4.35. The number of rotatable bonds is 18. The van der Waals surface area contributed by atoms with Crippen LogP contribution in [0.4, 0.5) is 0 Å². The van der Waals surface area contributed by atoms with Crippen molar-refractivity contribution in [3.05, 3.63) is 0 Å². The van der Waals surface area contributed by atoms with E-state index in [1.165, 1.54) is 0 Å². The first-order chi connectivity index (χ1) is 15.6. The van der Waals surface area contributed by atoms with E-state index < -0.39 is 54.5 Å². The SMILES string of the molecule is CCC(C)C(N)C(=O)NC(CO)C(=O)NC(CCCCN)C(=O)NC(CCCCN)C(=O)O. The Morgan fingerprint density at radius 2 is 1.24 bits per heavy atom. The number of nitrogens with two attached hydrogens (primary N) is 3. The Morgan fingerprint density at radius 1 is 0.788 bits per heavy atom. The van der Waals surface area contributed by atoms with Crippen molar-refractivity contribution < 1.29 is 29.4 Å². The number of aliphatic carboxylic acids is 1. The van der Waals surface area contributed by atoms with Crippen LogP contribution in [0.2, 0.25) is 0 Å². The first kappa shape index (κ1) is 30.7. The monoisotopic (exact) mass is 474 g/mol. The average molecular weight is 475 g/mol. The van der Waals surface area contributed by atoms with Gasteiger partial charge in [0.1, 0.15) is 18.1 Å². The van der Waals surface area contributed by atoms with Gasteiger partial charge < -0.3 is 43.4 Å². The molecule has 0 bridgehead atoms. The minimum absolute atomic E-state index is 0.130. The molecule has 12 nitrogen and oxygen atoms in total. The highest BCUT2D eigenvalue weighted by molar-refractivity contribution is 5.94. The number of nitrogens with one attached hydrogen (secondary N) is 3. The van der Waals surface area contributed by atoms with Crippen LogP contribution >= 0.6 is 0 Å². The van der Waals surface area contributed by atoms with Crippen molar-refractivity contribution in [3.63, 3.8) is 0 Å². The molecular weight excluding hydrogens is 432 g/mol. The molecule has 0 heterocycles. The molecule has 5 unspecified atom stereocenters. The van der Waals surface area contributed by atoms with Gasteiger partial charge in [-0.25, -0.2) is 4.79 Å². The Balaban J connectivity index is 5.26. The first-order valence-corrected chi connectivity index (χ1v) is 11.5. The zero-order chi connectivity index (χ0) is 25.4. The molecule has 0 aliphatic rings. The summed E-state index contributed by atoms with van der Waals surface area (Å²) < 4.78 is 0. The number of aliphatic hydroxyl groups is 1. The average Bonchev–Trinajstić information content (AvgIpc) is 2.79. The van der Waals surface area contributed by atoms with Crippen LogP contribution in [0.5, 0.6) is 0 Å². The van der Waals surface area contributed by atoms with Crippen LogP contribution in [0.15, 0.2) is 0 Å². The Kier molecular flexibility index (Phi) is 16.0. The largest absolute Gasteiger partial charge is 0.480 e. The van der Waals surface area contributed by atoms with Gasteiger partial charge >= 0.3 is 5.97 Å². The fourth-order valence-electron chi connectivity index (χ4n) is 3.03. The van der Waals surface area contributed by atoms with Crippen molar-refractivity contribution in [3.8, 4) is 0 Å². The van der Waals surface area contributed by atoms with Gasteiger partial charge in [0.2, 0.25) is 17.7 Å². The molecule has 5 atom stereocenters. The predicted molar refractivity (Wildman–Crippen MR) is 124 cm³/mol. The van der Waals surface area contributed by atoms with Crippen LogP contribution in [0.3, 0.4) is 0 Å². The van der Waals surface area contributed by atoms with E-state index in [0.717, 1.165) is 0 Å². The van der Waals surface area contributed by atoms with E-state index in [1.807, 2.05) is 6.92 Å². The number of hydrogen-bond acceptors (Lipinski definition) is 8. The van der Waals surface area contributed by atoms with Gasteiger partial charge in [0.25, 0.3) is 0 Å². The van der Waals surface area contributed by atoms with E-state index >= 15 is 0 Å². The van der Waals surface area contributed by atoms with Crippen LogP contribution in [0, 0.1) is 5.92 Å². The third kappa shape index (κ3) is 11.9. The lowest BCUT2D eigenvalue weighted by Gasteiger charge is -2.25. The van der Waals surface area contributed by atoms with Crippen LogP contribution < -0.4 is 33.2 Å². The van der Waals surface area contributed by atoms with E-state index in [0.29, 0.717) is 45.2 Å². The summed E-state index contributed by atoms with van der Waals surface area (Å²) >= 11 is 0. The molecule has 192 valence electrons. The molecule has 0 aromatic heterocycles. The van der Waals surface area contributed by atoms with E-state index in [9.17, 15) is 29.4 Å². The second kappa shape index (κ2) is 17.2. The zero-order valence-corrected chi connectivity index (χ0v) is 19.7. The molecule has 0 saturated heterocycles. The van der Waals surface area contributed by atoms with Crippen molar-refractivity contribution in [2.45, 2.75) is 83.0 Å². The fourth-order valence-corrected chi connectivity index (χ4v) is 3.03. The van der Waals surface area contributed by atoms with Gasteiger partial charge in [-0.2, -0.15) is 0 Å². The van der Waals surface area contributed by atoms with E-state index in [2.05, 4.69) is 16.0 Å². The number of carboxylic acid groups (broad SMARTS) is 1. The minimum atomic E-state index is -1.31. The highest BCUT2D eigenvalue weighted by Gasteiger charge is 2.30. The molecule has 0 aromatic carbocycles. The van der Waals surface area contributed by atoms with Gasteiger partial charge in [0.15, 0.2) is 0 Å². The lowest BCUT2D eigenvalue weighted by atomic mass is 9.99. The Bertz CT molecular complexity index is 620. The quantitative estimate of drug-likeness (QED) is 0.104. The zero-order valence-electron chi connectivity index (χ0n) is 19.7. The molecule has 0 saturated carbocycles. The molecule has 0 spiro atoms. The second-order valence-electron chi connectivity index (χ2n) is 8.18. The van der Waals surface area contributed by atoms with Crippen LogP contribution in [0.1, 0.15) is 58.8 Å². The highest BCUT2D eigenvalue weighted by Crippen LogP contribution is 2.07. The molecule has 11 N–H and O–H groups in total. The van der Waals surface area contributed by atoms with Gasteiger partial charge in [0, 0.05) is 0 Å². The number of carbonyl (C=O) groups is 4. The number of carboxylic acids is 1. The summed E-state index contributed by atoms with van der Waals surface area (Å²) in [4.78, 5) is 49.3. The Hall–Kier alpha value is -2.28. The van der Waals surface area contributed by atoms with Crippen molar-refractivity contribution in [2.75, 3.05) is 19.7 Å². The molecule has 0 rings (SSSR count). The van der Waals surface area contributed by atoms with Crippen LogP contribution in [-0.4, -0.2) is 77.8 Å². The number of aliphatic hydroxyl groups excluding tert-OH is 1. The van der Waals surface area contributed by atoms with Crippen molar-refractivity contribution >= 4 is 23.7 Å². The highest BCUT2D eigenvalue weighted by atomic mass is 16.4. The minimum Gasteiger partial charge on any atom is -0.480 e. The second-order valence-corrected chi connectivity index (χ2v) is 8.18. The van der Waals surface area contributed by atoms with Gasteiger partial charge in [-0.3, -0.25) is 14.4 Å². The Labute approximate surface area is 195 Å². The molecular formula is C21H42N6O6. The molecule has 0 radical (unpaired) electrons. The maximum atomic E-state index is 12.8. The molecule has 0 aliphatic carbocycles. The summed E-state index contributed by atoms with van der Waals surface area (Å²) in [6.07, 6.45) is 3.31. The summed E-state index contributed by atoms with van der Waals surface area (Å²) in [5, 5.41) is 26.4. The molecule has 12 heteroatoms. The van der Waals surface area contributed by atoms with Crippen molar-refractivity contribution in [1.29, 1.82) is 0 Å². The summed E-state index contributed by atoms with van der Waals surface area (Å²) in [5.74, 6) is -3.35. The summed E-state index contributed by atoms with van der Waals surface area (Å²) in [6.45, 7) is 3.77. The normalized spacial score (nSPS) is 15.6. The van der Waals surface area contributed by atoms with Gasteiger partial charge in [0.05, 0.1) is 12.6 Å². The lowest BCUT2D eigenvalue weighted by Crippen LogP contribution is -2.58.